The molecule has 0 spiro atoms. The summed E-state index contributed by atoms with van der Waals surface area (Å²) in [5.74, 6) is -0.650. The van der Waals surface area contributed by atoms with Gasteiger partial charge in [-0.25, -0.2) is 4.79 Å². The molecule has 8 atom stereocenters. The van der Waals surface area contributed by atoms with Crippen molar-refractivity contribution in [1.82, 2.24) is 0 Å². The van der Waals surface area contributed by atoms with Gasteiger partial charge in [-0.3, -0.25) is 0 Å². The third kappa shape index (κ3) is 5.36. The van der Waals surface area contributed by atoms with Crippen LogP contribution in [-0.2, 0) is 20.7 Å². The van der Waals surface area contributed by atoms with E-state index >= 15 is 0 Å². The van der Waals surface area contributed by atoms with Crippen LogP contribution < -0.4 is 18.9 Å². The summed E-state index contributed by atoms with van der Waals surface area (Å²) in [6, 6.07) is 9.54. The number of esters is 1. The van der Waals surface area contributed by atoms with E-state index in [1.54, 1.807) is 24.3 Å². The lowest BCUT2D eigenvalue weighted by Crippen LogP contribution is -2.58. The number of hydrogen-bond acceptors (Lipinski definition) is 12. The molecule has 0 aromatic heterocycles. The predicted octanol–water partition coefficient (Wildman–Crippen LogP) is 0.0989. The average Bonchev–Trinajstić information content (AvgIpc) is 3.19. The van der Waals surface area contributed by atoms with Gasteiger partial charge in [0.1, 0.15) is 24.4 Å². The first-order valence-corrected chi connectivity index (χ1v) is 12.4. The molecule has 5 N–H and O–H groups in total. The number of ether oxygens (including phenoxy) is 6. The van der Waals surface area contributed by atoms with Crippen LogP contribution in [0.4, 0.5) is 0 Å². The largest absolute Gasteiger partial charge is 0.493 e. The molecule has 39 heavy (non-hydrogen) atoms. The summed E-state index contributed by atoms with van der Waals surface area (Å²) in [6.07, 6.45) is -7.50. The van der Waals surface area contributed by atoms with Crippen molar-refractivity contribution in [3.05, 3.63) is 47.5 Å². The molecule has 0 aliphatic carbocycles. The topological polar surface area (TPSA) is 174 Å². The SMILES string of the molecule is COc1ccc(C2OC(=O)C(O)(Cc3ccc(OC4OC(C)C(O)C(O)C4O)c(OC)c3)C2CO)cc1OC. The number of methoxy groups -OCH3 is 3. The van der Waals surface area contributed by atoms with Gasteiger partial charge in [-0.15, -0.1) is 0 Å². The minimum atomic E-state index is -2.06. The van der Waals surface area contributed by atoms with Gasteiger partial charge in [0.05, 0.1) is 40.0 Å². The minimum absolute atomic E-state index is 0.156. The maximum absolute atomic E-state index is 13.0. The van der Waals surface area contributed by atoms with Gasteiger partial charge < -0.3 is 54.0 Å². The van der Waals surface area contributed by atoms with Crippen molar-refractivity contribution >= 4 is 5.97 Å². The number of hydrogen-bond donors (Lipinski definition) is 5. The highest BCUT2D eigenvalue weighted by molar-refractivity contribution is 5.83. The number of rotatable bonds is 9. The Morgan fingerprint density at radius 2 is 1.51 bits per heavy atom. The first kappa shape index (κ1) is 28.9. The van der Waals surface area contributed by atoms with E-state index in [4.69, 9.17) is 28.4 Å². The zero-order valence-electron chi connectivity index (χ0n) is 22.0. The van der Waals surface area contributed by atoms with E-state index < -0.39 is 60.9 Å². The third-order valence-electron chi connectivity index (χ3n) is 7.25. The second-order valence-corrected chi connectivity index (χ2v) is 9.61. The van der Waals surface area contributed by atoms with Crippen LogP contribution in [0.2, 0.25) is 0 Å². The monoisotopic (exact) mass is 550 g/mol. The highest BCUT2D eigenvalue weighted by atomic mass is 16.7. The number of cyclic esters (lactones) is 1. The molecule has 0 saturated carbocycles. The molecule has 2 aliphatic rings. The molecule has 2 aromatic carbocycles. The van der Waals surface area contributed by atoms with Crippen LogP contribution in [0.5, 0.6) is 23.0 Å². The smallest absolute Gasteiger partial charge is 0.339 e. The Bertz CT molecular complexity index is 1170. The van der Waals surface area contributed by atoms with Gasteiger partial charge in [-0.05, 0) is 42.3 Å². The summed E-state index contributed by atoms with van der Waals surface area (Å²) in [6.45, 7) is 0.994. The van der Waals surface area contributed by atoms with Crippen molar-refractivity contribution in [1.29, 1.82) is 0 Å². The van der Waals surface area contributed by atoms with Crippen molar-refractivity contribution in [3.63, 3.8) is 0 Å². The first-order valence-electron chi connectivity index (χ1n) is 12.4. The first-order chi connectivity index (χ1) is 18.6. The van der Waals surface area contributed by atoms with E-state index in [0.717, 1.165) is 0 Å². The van der Waals surface area contributed by atoms with Crippen molar-refractivity contribution in [2.45, 2.75) is 55.8 Å². The standard InChI is InChI=1S/C27H34O12/c1-13-21(29)22(30)23(31)25(37-13)38-18-7-5-14(9-19(18)35-3)11-27(33)16(12-28)24(39-26(27)32)15-6-8-17(34-2)20(10-15)36-4/h5-10,13,16,21-25,28-31,33H,11-12H2,1-4H3. The highest BCUT2D eigenvalue weighted by Crippen LogP contribution is 2.45. The van der Waals surface area contributed by atoms with E-state index in [0.29, 0.717) is 22.6 Å². The molecule has 8 unspecified atom stereocenters. The number of carbonyl (C=O) groups excluding carboxylic acids is 1. The molecule has 2 aromatic rings. The number of carbonyl (C=O) groups is 1. The summed E-state index contributed by atoms with van der Waals surface area (Å²) in [4.78, 5) is 13.0. The normalized spacial score (nSPS) is 32.4. The van der Waals surface area contributed by atoms with Crippen LogP contribution in [0.3, 0.4) is 0 Å². The fourth-order valence-corrected chi connectivity index (χ4v) is 4.95. The van der Waals surface area contributed by atoms with Gasteiger partial charge in [0, 0.05) is 6.42 Å². The molecule has 0 radical (unpaired) electrons. The zero-order chi connectivity index (χ0) is 28.5. The summed E-state index contributed by atoms with van der Waals surface area (Å²) >= 11 is 0. The van der Waals surface area contributed by atoms with Crippen LogP contribution in [0.1, 0.15) is 24.2 Å². The third-order valence-corrected chi connectivity index (χ3v) is 7.25. The molecule has 4 rings (SSSR count). The lowest BCUT2D eigenvalue weighted by molar-refractivity contribution is -0.268. The molecular formula is C27H34O12. The van der Waals surface area contributed by atoms with E-state index in [-0.39, 0.29) is 17.9 Å². The van der Waals surface area contributed by atoms with Crippen molar-refractivity contribution in [3.8, 4) is 23.0 Å². The van der Waals surface area contributed by atoms with Gasteiger partial charge >= 0.3 is 5.97 Å². The number of aliphatic hydroxyl groups is 5. The summed E-state index contributed by atoms with van der Waals surface area (Å²) in [7, 11) is 4.34. The molecule has 2 saturated heterocycles. The molecule has 214 valence electrons. The Hall–Kier alpha value is -3.13. The highest BCUT2D eigenvalue weighted by Gasteiger charge is 2.56. The predicted molar refractivity (Wildman–Crippen MR) is 134 cm³/mol. The lowest BCUT2D eigenvalue weighted by Gasteiger charge is -2.39. The Labute approximate surface area is 225 Å². The molecule has 2 aliphatic heterocycles. The Morgan fingerprint density at radius 3 is 2.15 bits per heavy atom. The van der Waals surface area contributed by atoms with Crippen LogP contribution in [0, 0.1) is 5.92 Å². The Morgan fingerprint density at radius 1 is 0.872 bits per heavy atom. The van der Waals surface area contributed by atoms with Gasteiger partial charge in [0.2, 0.25) is 6.29 Å². The van der Waals surface area contributed by atoms with Gasteiger partial charge in [-0.1, -0.05) is 12.1 Å². The van der Waals surface area contributed by atoms with E-state index in [1.165, 1.54) is 40.4 Å². The average molecular weight is 551 g/mol. The summed E-state index contributed by atoms with van der Waals surface area (Å²) in [5.41, 5.74) is -1.07. The number of benzene rings is 2. The van der Waals surface area contributed by atoms with Crippen molar-refractivity contribution in [2.24, 2.45) is 5.92 Å². The number of aliphatic hydroxyl groups excluding tert-OH is 4. The summed E-state index contributed by atoms with van der Waals surface area (Å²) < 4.78 is 32.7. The zero-order valence-corrected chi connectivity index (χ0v) is 22.0. The Kier molecular flexibility index (Phi) is 8.54. The lowest BCUT2D eigenvalue weighted by atomic mass is 9.80. The second kappa shape index (κ2) is 11.5. The molecule has 12 nitrogen and oxygen atoms in total. The fourth-order valence-electron chi connectivity index (χ4n) is 4.95. The van der Waals surface area contributed by atoms with Gasteiger partial charge in [0.25, 0.3) is 0 Å². The maximum atomic E-state index is 13.0. The molecule has 0 amide bonds. The molecule has 0 bridgehead atoms. The van der Waals surface area contributed by atoms with Gasteiger partial charge in [-0.2, -0.15) is 0 Å². The quantitative estimate of drug-likeness (QED) is 0.267. The van der Waals surface area contributed by atoms with Crippen LogP contribution >= 0.6 is 0 Å². The fraction of sp³-hybridized carbons (Fsp3) is 0.519. The van der Waals surface area contributed by atoms with E-state index in [2.05, 4.69) is 0 Å². The van der Waals surface area contributed by atoms with E-state index in [9.17, 15) is 30.3 Å². The molecule has 2 heterocycles. The second-order valence-electron chi connectivity index (χ2n) is 9.61. The minimum Gasteiger partial charge on any atom is -0.493 e. The van der Waals surface area contributed by atoms with Crippen LogP contribution in [0.15, 0.2) is 36.4 Å². The maximum Gasteiger partial charge on any atom is 0.339 e. The van der Waals surface area contributed by atoms with Crippen molar-refractivity contribution in [2.75, 3.05) is 27.9 Å². The summed E-state index contributed by atoms with van der Waals surface area (Å²) in [5, 5.41) is 51.9. The Balaban J connectivity index is 1.56. The van der Waals surface area contributed by atoms with Crippen LogP contribution in [-0.4, -0.2) is 95.7 Å². The molecule has 12 heteroatoms. The molecular weight excluding hydrogens is 516 g/mol. The van der Waals surface area contributed by atoms with Crippen LogP contribution in [0.25, 0.3) is 0 Å². The van der Waals surface area contributed by atoms with E-state index in [1.807, 2.05) is 0 Å². The molecule has 2 fully saturated rings. The van der Waals surface area contributed by atoms with Crippen molar-refractivity contribution < 1.29 is 58.7 Å². The van der Waals surface area contributed by atoms with Gasteiger partial charge in [0.15, 0.2) is 28.6 Å².